The lowest BCUT2D eigenvalue weighted by atomic mass is 10.2. The molecule has 0 bridgehead atoms. The molecule has 25 heavy (non-hydrogen) atoms. The smallest absolute Gasteiger partial charge is 0.255 e. The van der Waals surface area contributed by atoms with Crippen LogP contribution in [0.5, 0.6) is 0 Å². The molecule has 0 spiro atoms. The lowest BCUT2D eigenvalue weighted by Gasteiger charge is -2.19. The van der Waals surface area contributed by atoms with Crippen molar-refractivity contribution in [2.75, 3.05) is 6.54 Å². The third-order valence-electron chi connectivity index (χ3n) is 3.65. The van der Waals surface area contributed by atoms with Crippen LogP contribution in [0.3, 0.4) is 0 Å². The van der Waals surface area contributed by atoms with E-state index in [1.165, 1.54) is 0 Å². The monoisotopic (exact) mass is 375 g/mol. The average Bonchev–Trinajstić information content (AvgIpc) is 3.10. The number of carbonyl (C=O) groups is 1. The first kappa shape index (κ1) is 17.5. The van der Waals surface area contributed by atoms with Crippen molar-refractivity contribution >= 4 is 29.1 Å². The van der Waals surface area contributed by atoms with Gasteiger partial charge in [-0.3, -0.25) is 4.79 Å². The fourth-order valence-corrected chi connectivity index (χ4v) is 2.72. The minimum atomic E-state index is -0.241. The molecule has 0 fully saturated rings. The summed E-state index contributed by atoms with van der Waals surface area (Å²) in [6.45, 7) is 2.52. The molecule has 0 saturated heterocycles. The maximum Gasteiger partial charge on any atom is 0.255 e. The summed E-state index contributed by atoms with van der Waals surface area (Å²) in [5.41, 5.74) is 1.20. The Morgan fingerprint density at radius 1 is 1.16 bits per heavy atom. The number of amides is 1. The summed E-state index contributed by atoms with van der Waals surface area (Å²) in [5, 5.41) is 4.77. The highest BCUT2D eigenvalue weighted by molar-refractivity contribution is 6.35. The third kappa shape index (κ3) is 4.00. The Morgan fingerprint density at radius 3 is 2.64 bits per heavy atom. The van der Waals surface area contributed by atoms with Crippen molar-refractivity contribution < 1.29 is 9.32 Å². The molecule has 1 amide bonds. The highest BCUT2D eigenvalue weighted by atomic mass is 35.5. The van der Waals surface area contributed by atoms with Crippen LogP contribution in [0.25, 0.3) is 11.4 Å². The average molecular weight is 376 g/mol. The molecule has 0 atom stereocenters. The van der Waals surface area contributed by atoms with Gasteiger partial charge in [-0.15, -0.1) is 0 Å². The largest absolute Gasteiger partial charge is 0.337 e. The van der Waals surface area contributed by atoms with E-state index in [9.17, 15) is 4.79 Å². The van der Waals surface area contributed by atoms with Crippen LogP contribution < -0.4 is 0 Å². The number of rotatable bonds is 5. The molecule has 0 radical (unpaired) electrons. The van der Waals surface area contributed by atoms with Gasteiger partial charge in [0, 0.05) is 17.1 Å². The maximum absolute atomic E-state index is 12.7. The number of halogens is 2. The summed E-state index contributed by atoms with van der Waals surface area (Å²) in [6, 6.07) is 14.3. The zero-order valence-corrected chi connectivity index (χ0v) is 15.0. The number of hydrogen-bond acceptors (Lipinski definition) is 4. The van der Waals surface area contributed by atoms with Crippen molar-refractivity contribution in [2.45, 2.75) is 13.5 Å². The predicted octanol–water partition coefficient (Wildman–Crippen LogP) is 4.71. The summed E-state index contributed by atoms with van der Waals surface area (Å²) in [7, 11) is 0. The Kier molecular flexibility index (Phi) is 5.36. The standard InChI is InChI=1S/C18H15Cl2N3O2/c1-2-23(18(24)14-10-13(19)8-9-15(14)20)11-16-21-17(22-25-16)12-6-4-3-5-7-12/h3-10H,2,11H2,1H3. The zero-order chi connectivity index (χ0) is 17.8. The van der Waals surface area contributed by atoms with Crippen LogP contribution in [-0.4, -0.2) is 27.5 Å². The van der Waals surface area contributed by atoms with Crippen LogP contribution in [0, 0.1) is 0 Å². The molecule has 0 aliphatic carbocycles. The molecule has 0 saturated carbocycles. The van der Waals surface area contributed by atoms with Crippen molar-refractivity contribution in [3.63, 3.8) is 0 Å². The van der Waals surface area contributed by atoms with E-state index in [4.69, 9.17) is 27.7 Å². The van der Waals surface area contributed by atoms with E-state index in [-0.39, 0.29) is 12.5 Å². The summed E-state index contributed by atoms with van der Waals surface area (Å²) in [4.78, 5) is 18.6. The van der Waals surface area contributed by atoms with Gasteiger partial charge in [0.15, 0.2) is 0 Å². The summed E-state index contributed by atoms with van der Waals surface area (Å²) in [6.07, 6.45) is 0. The molecule has 0 unspecified atom stereocenters. The van der Waals surface area contributed by atoms with Crippen LogP contribution in [0.2, 0.25) is 10.0 Å². The maximum atomic E-state index is 12.7. The van der Waals surface area contributed by atoms with E-state index in [1.807, 2.05) is 37.3 Å². The summed E-state index contributed by atoms with van der Waals surface area (Å²) < 4.78 is 5.28. The van der Waals surface area contributed by atoms with Crippen LogP contribution in [0.4, 0.5) is 0 Å². The van der Waals surface area contributed by atoms with E-state index in [0.717, 1.165) is 5.56 Å². The Labute approximate surface area is 155 Å². The van der Waals surface area contributed by atoms with E-state index in [1.54, 1.807) is 23.1 Å². The zero-order valence-electron chi connectivity index (χ0n) is 13.4. The van der Waals surface area contributed by atoms with Gasteiger partial charge in [0.05, 0.1) is 10.6 Å². The minimum Gasteiger partial charge on any atom is -0.337 e. The second kappa shape index (κ2) is 7.68. The third-order valence-corrected chi connectivity index (χ3v) is 4.22. The molecule has 128 valence electrons. The molecular weight excluding hydrogens is 361 g/mol. The number of benzene rings is 2. The van der Waals surface area contributed by atoms with Gasteiger partial charge in [0.1, 0.15) is 6.54 Å². The van der Waals surface area contributed by atoms with E-state index in [2.05, 4.69) is 10.1 Å². The van der Waals surface area contributed by atoms with E-state index < -0.39 is 0 Å². The normalized spacial score (nSPS) is 10.7. The van der Waals surface area contributed by atoms with Gasteiger partial charge >= 0.3 is 0 Å². The second-order valence-electron chi connectivity index (χ2n) is 5.32. The SMILES string of the molecule is CCN(Cc1nc(-c2ccccc2)no1)C(=O)c1cc(Cl)ccc1Cl. The Bertz CT molecular complexity index is 881. The van der Waals surface area contributed by atoms with Gasteiger partial charge in [-0.1, -0.05) is 58.7 Å². The number of nitrogens with zero attached hydrogens (tertiary/aromatic N) is 3. The molecule has 3 aromatic rings. The second-order valence-corrected chi connectivity index (χ2v) is 6.16. The fourth-order valence-electron chi connectivity index (χ4n) is 2.35. The number of hydrogen-bond donors (Lipinski definition) is 0. The highest BCUT2D eigenvalue weighted by Gasteiger charge is 2.20. The predicted molar refractivity (Wildman–Crippen MR) is 96.6 cm³/mol. The summed E-state index contributed by atoms with van der Waals surface area (Å²) in [5.74, 6) is 0.599. The molecule has 7 heteroatoms. The first-order valence-corrected chi connectivity index (χ1v) is 8.46. The lowest BCUT2D eigenvalue weighted by molar-refractivity contribution is 0.0734. The van der Waals surface area contributed by atoms with E-state index in [0.29, 0.717) is 33.9 Å². The topological polar surface area (TPSA) is 59.2 Å². The molecule has 1 heterocycles. The van der Waals surface area contributed by atoms with Gasteiger partial charge in [0.25, 0.3) is 5.91 Å². The highest BCUT2D eigenvalue weighted by Crippen LogP contribution is 2.23. The number of carbonyl (C=O) groups excluding carboxylic acids is 1. The van der Waals surface area contributed by atoms with Gasteiger partial charge < -0.3 is 9.42 Å². The van der Waals surface area contributed by atoms with Crippen molar-refractivity contribution in [3.8, 4) is 11.4 Å². The Balaban J connectivity index is 1.80. The van der Waals surface area contributed by atoms with Gasteiger partial charge in [-0.05, 0) is 25.1 Å². The molecule has 1 aromatic heterocycles. The van der Waals surface area contributed by atoms with Crippen molar-refractivity contribution in [2.24, 2.45) is 0 Å². The molecule has 5 nitrogen and oxygen atoms in total. The molecule has 2 aromatic carbocycles. The van der Waals surface area contributed by atoms with Crippen LogP contribution in [-0.2, 0) is 6.54 Å². The van der Waals surface area contributed by atoms with Crippen LogP contribution >= 0.6 is 23.2 Å². The quantitative estimate of drug-likeness (QED) is 0.647. The van der Waals surface area contributed by atoms with Crippen LogP contribution in [0.15, 0.2) is 53.1 Å². The molecule has 3 rings (SSSR count). The fraction of sp³-hybridized carbons (Fsp3) is 0.167. The first-order valence-electron chi connectivity index (χ1n) is 7.71. The van der Waals surface area contributed by atoms with Crippen LogP contribution in [0.1, 0.15) is 23.2 Å². The molecular formula is C18H15Cl2N3O2. The first-order chi connectivity index (χ1) is 12.1. The van der Waals surface area contributed by atoms with Crippen molar-refractivity contribution in [1.82, 2.24) is 15.0 Å². The van der Waals surface area contributed by atoms with E-state index >= 15 is 0 Å². The lowest BCUT2D eigenvalue weighted by Crippen LogP contribution is -2.30. The minimum absolute atomic E-state index is 0.192. The Morgan fingerprint density at radius 2 is 1.92 bits per heavy atom. The van der Waals surface area contributed by atoms with Gasteiger partial charge in [-0.2, -0.15) is 4.98 Å². The summed E-state index contributed by atoms with van der Waals surface area (Å²) >= 11 is 12.1. The molecule has 0 aliphatic heterocycles. The Hall–Kier alpha value is -2.37. The number of aromatic nitrogens is 2. The van der Waals surface area contributed by atoms with Crippen molar-refractivity contribution in [1.29, 1.82) is 0 Å². The van der Waals surface area contributed by atoms with Gasteiger partial charge in [0.2, 0.25) is 11.7 Å². The van der Waals surface area contributed by atoms with Crippen molar-refractivity contribution in [3.05, 3.63) is 70.0 Å². The van der Waals surface area contributed by atoms with Gasteiger partial charge in [-0.25, -0.2) is 0 Å². The molecule has 0 aliphatic rings. The molecule has 0 N–H and O–H groups in total.